The van der Waals surface area contributed by atoms with Gasteiger partial charge in [-0.25, -0.2) is 8.78 Å². The molecule has 0 amide bonds. The smallest absolute Gasteiger partial charge is 0.249 e. The van der Waals surface area contributed by atoms with E-state index >= 15 is 0 Å². The minimum absolute atomic E-state index is 0.0326. The van der Waals surface area contributed by atoms with E-state index < -0.39 is 11.6 Å². The highest BCUT2D eigenvalue weighted by Gasteiger charge is 2.16. The van der Waals surface area contributed by atoms with Crippen LogP contribution in [0.3, 0.4) is 0 Å². The van der Waals surface area contributed by atoms with Crippen LogP contribution in [0.15, 0.2) is 54.7 Å². The molecule has 0 radical (unpaired) electrons. The summed E-state index contributed by atoms with van der Waals surface area (Å²) in [5.74, 6) is -0.837. The largest absolute Gasteiger partial charge is 0.348 e. The number of hydrogen-bond acceptors (Lipinski definition) is 5. The van der Waals surface area contributed by atoms with Gasteiger partial charge in [0.15, 0.2) is 5.82 Å². The zero-order valence-corrected chi connectivity index (χ0v) is 14.5. The Hall–Kier alpha value is -3.09. The van der Waals surface area contributed by atoms with E-state index in [1.807, 2.05) is 49.1 Å². The van der Waals surface area contributed by atoms with Crippen LogP contribution in [0.25, 0.3) is 0 Å². The summed E-state index contributed by atoms with van der Waals surface area (Å²) in [6.07, 6.45) is 1.53. The van der Waals surface area contributed by atoms with Gasteiger partial charge in [-0.1, -0.05) is 36.4 Å². The number of nitrogens with one attached hydrogen (secondary N) is 1. The molecular weight excluding hydrogens is 336 g/mol. The Morgan fingerprint density at radius 1 is 1.00 bits per heavy atom. The minimum atomic E-state index is -0.719. The summed E-state index contributed by atoms with van der Waals surface area (Å²) in [6, 6.07) is 13.7. The molecule has 0 fully saturated rings. The fourth-order valence-electron chi connectivity index (χ4n) is 2.52. The van der Waals surface area contributed by atoms with Crippen molar-refractivity contribution in [3.8, 4) is 0 Å². The van der Waals surface area contributed by atoms with Crippen molar-refractivity contribution in [3.05, 3.63) is 71.9 Å². The van der Waals surface area contributed by atoms with E-state index in [1.165, 1.54) is 24.4 Å². The molecule has 0 atom stereocenters. The van der Waals surface area contributed by atoms with Crippen LogP contribution < -0.4 is 10.2 Å². The molecule has 0 unspecified atom stereocenters. The highest BCUT2D eigenvalue weighted by atomic mass is 19.1. The van der Waals surface area contributed by atoms with Crippen LogP contribution in [0.2, 0.25) is 0 Å². The van der Waals surface area contributed by atoms with Crippen molar-refractivity contribution in [2.45, 2.75) is 26.4 Å². The zero-order chi connectivity index (χ0) is 18.5. The van der Waals surface area contributed by atoms with Crippen LogP contribution in [0.1, 0.15) is 19.4 Å². The maximum atomic E-state index is 13.8. The molecule has 2 aromatic carbocycles. The van der Waals surface area contributed by atoms with Gasteiger partial charge in [0.05, 0.1) is 6.20 Å². The van der Waals surface area contributed by atoms with Crippen molar-refractivity contribution in [2.24, 2.45) is 0 Å². The first-order valence-corrected chi connectivity index (χ1v) is 8.26. The molecule has 0 spiro atoms. The normalized spacial score (nSPS) is 10.8. The van der Waals surface area contributed by atoms with E-state index in [0.29, 0.717) is 12.4 Å². The van der Waals surface area contributed by atoms with Crippen LogP contribution in [0.4, 0.5) is 26.2 Å². The fourth-order valence-corrected chi connectivity index (χ4v) is 2.52. The minimum Gasteiger partial charge on any atom is -0.348 e. The molecule has 0 aliphatic heterocycles. The van der Waals surface area contributed by atoms with E-state index in [2.05, 4.69) is 20.5 Å². The maximum Gasteiger partial charge on any atom is 0.249 e. The Labute approximate surface area is 150 Å². The van der Waals surface area contributed by atoms with Crippen molar-refractivity contribution in [1.29, 1.82) is 0 Å². The molecule has 1 heterocycles. The molecule has 0 saturated heterocycles. The highest BCUT2D eigenvalue weighted by molar-refractivity contribution is 5.56. The predicted molar refractivity (Wildman–Crippen MR) is 97.2 cm³/mol. The van der Waals surface area contributed by atoms with Crippen molar-refractivity contribution >= 4 is 17.5 Å². The van der Waals surface area contributed by atoms with E-state index in [1.54, 1.807) is 0 Å². The van der Waals surface area contributed by atoms with Gasteiger partial charge >= 0.3 is 0 Å². The van der Waals surface area contributed by atoms with E-state index in [0.717, 1.165) is 5.56 Å². The van der Waals surface area contributed by atoms with Gasteiger partial charge in [0.25, 0.3) is 0 Å². The molecule has 5 nitrogen and oxygen atoms in total. The number of anilines is 3. The van der Waals surface area contributed by atoms with Gasteiger partial charge in [0.2, 0.25) is 5.95 Å². The lowest BCUT2D eigenvalue weighted by atomic mass is 10.2. The first-order chi connectivity index (χ1) is 12.5. The summed E-state index contributed by atoms with van der Waals surface area (Å²) >= 11 is 0. The first-order valence-electron chi connectivity index (χ1n) is 8.26. The number of para-hydroxylation sites is 1. The second-order valence-electron chi connectivity index (χ2n) is 6.07. The predicted octanol–water partition coefficient (Wildman–Crippen LogP) is 4.31. The summed E-state index contributed by atoms with van der Waals surface area (Å²) in [5.41, 5.74) is 0.820. The third-order valence-corrected chi connectivity index (χ3v) is 3.86. The lowest BCUT2D eigenvalue weighted by Crippen LogP contribution is -2.31. The van der Waals surface area contributed by atoms with Gasteiger partial charge in [-0.2, -0.15) is 10.1 Å². The molecule has 26 heavy (non-hydrogen) atoms. The second-order valence-corrected chi connectivity index (χ2v) is 6.07. The Morgan fingerprint density at radius 3 is 2.35 bits per heavy atom. The van der Waals surface area contributed by atoms with Crippen molar-refractivity contribution in [1.82, 2.24) is 15.2 Å². The summed E-state index contributed by atoms with van der Waals surface area (Å²) in [7, 11) is 0. The second kappa shape index (κ2) is 7.86. The van der Waals surface area contributed by atoms with Crippen LogP contribution in [0.5, 0.6) is 0 Å². The lowest BCUT2D eigenvalue weighted by Gasteiger charge is -2.27. The van der Waals surface area contributed by atoms with E-state index in [9.17, 15) is 8.78 Å². The summed E-state index contributed by atoms with van der Waals surface area (Å²) < 4.78 is 27.6. The van der Waals surface area contributed by atoms with E-state index in [-0.39, 0.29) is 17.7 Å². The van der Waals surface area contributed by atoms with Gasteiger partial charge in [-0.15, -0.1) is 5.10 Å². The molecule has 3 rings (SSSR count). The zero-order valence-electron chi connectivity index (χ0n) is 14.5. The molecule has 134 valence electrons. The van der Waals surface area contributed by atoms with E-state index in [4.69, 9.17) is 0 Å². The molecule has 0 aliphatic rings. The topological polar surface area (TPSA) is 53.9 Å². The lowest BCUT2D eigenvalue weighted by molar-refractivity contribution is 0.590. The number of rotatable bonds is 6. The number of aromatic nitrogens is 3. The van der Waals surface area contributed by atoms with Gasteiger partial charge in [0.1, 0.15) is 17.3 Å². The molecule has 1 aromatic heterocycles. The van der Waals surface area contributed by atoms with Crippen LogP contribution in [-0.2, 0) is 6.54 Å². The Balaban J connectivity index is 1.87. The molecule has 0 aliphatic carbocycles. The summed E-state index contributed by atoms with van der Waals surface area (Å²) in [6.45, 7) is 4.70. The maximum absolute atomic E-state index is 13.8. The molecule has 0 saturated carbocycles. The quantitative estimate of drug-likeness (QED) is 0.714. The average Bonchev–Trinajstić information content (AvgIpc) is 2.64. The Bertz CT molecular complexity index is 851. The highest BCUT2D eigenvalue weighted by Crippen LogP contribution is 2.23. The molecular formula is C19H19F2N5. The van der Waals surface area contributed by atoms with Gasteiger partial charge in [-0.05, 0) is 31.5 Å². The van der Waals surface area contributed by atoms with Crippen molar-refractivity contribution < 1.29 is 8.78 Å². The summed E-state index contributed by atoms with van der Waals surface area (Å²) in [5, 5.41) is 10.3. The third kappa shape index (κ3) is 4.11. The Morgan fingerprint density at radius 2 is 1.69 bits per heavy atom. The van der Waals surface area contributed by atoms with Crippen LogP contribution in [-0.4, -0.2) is 21.2 Å². The Kier molecular flexibility index (Phi) is 5.36. The number of benzene rings is 2. The van der Waals surface area contributed by atoms with Gasteiger partial charge in [0, 0.05) is 12.6 Å². The first kappa shape index (κ1) is 17.7. The summed E-state index contributed by atoms with van der Waals surface area (Å²) in [4.78, 5) is 6.41. The van der Waals surface area contributed by atoms with Gasteiger partial charge < -0.3 is 10.2 Å². The number of hydrogen-bond donors (Lipinski definition) is 1. The molecule has 7 heteroatoms. The van der Waals surface area contributed by atoms with Crippen molar-refractivity contribution in [3.63, 3.8) is 0 Å². The standard InChI is InChI=1S/C19H19F2N5/c1-13(2)26(12-14-7-4-3-5-8-14)17-11-22-25-19(23-17)24-18-15(20)9-6-10-16(18)21/h3-11,13H,12H2,1-2H3,(H,23,24,25). The molecule has 1 N–H and O–H groups in total. The number of nitrogens with zero attached hydrogens (tertiary/aromatic N) is 4. The van der Waals surface area contributed by atoms with Crippen LogP contribution in [0, 0.1) is 11.6 Å². The average molecular weight is 355 g/mol. The molecule has 3 aromatic rings. The third-order valence-electron chi connectivity index (χ3n) is 3.86. The van der Waals surface area contributed by atoms with Gasteiger partial charge in [-0.3, -0.25) is 0 Å². The molecule has 0 bridgehead atoms. The SMILES string of the molecule is CC(C)N(Cc1ccccc1)c1cnnc(Nc2c(F)cccc2F)n1. The fraction of sp³-hybridized carbons (Fsp3) is 0.211. The van der Waals surface area contributed by atoms with Crippen molar-refractivity contribution in [2.75, 3.05) is 10.2 Å². The van der Waals surface area contributed by atoms with Crippen LogP contribution >= 0.6 is 0 Å². The monoisotopic (exact) mass is 355 g/mol. The number of halogens is 2.